The number of piperidine rings is 1. The number of aliphatic carboxylic acids is 1. The summed E-state index contributed by atoms with van der Waals surface area (Å²) in [5, 5.41) is 9.47. The van der Waals surface area contributed by atoms with E-state index >= 15 is 0 Å². The van der Waals surface area contributed by atoms with Crippen molar-refractivity contribution in [3.8, 4) is 0 Å². The Kier molecular flexibility index (Phi) is 4.63. The lowest BCUT2D eigenvalue weighted by Gasteiger charge is -2.40. The van der Waals surface area contributed by atoms with Crippen LogP contribution in [0.5, 0.6) is 0 Å². The lowest BCUT2D eigenvalue weighted by molar-refractivity contribution is -0.155. The smallest absolute Gasteiger partial charge is 0.311 e. The monoisotopic (exact) mass is 290 g/mol. The van der Waals surface area contributed by atoms with E-state index in [1.54, 1.807) is 4.90 Å². The third kappa shape index (κ3) is 3.08. The highest BCUT2D eigenvalue weighted by Crippen LogP contribution is 2.34. The molecular weight excluding hydrogens is 268 g/mol. The van der Waals surface area contributed by atoms with E-state index in [2.05, 4.69) is 0 Å². The van der Waals surface area contributed by atoms with Gasteiger partial charge in [-0.3, -0.25) is 9.59 Å². The highest BCUT2D eigenvalue weighted by Gasteiger charge is 2.42. The number of carbonyl (C=O) groups is 2. The normalized spacial score (nSPS) is 23.6. The fourth-order valence-electron chi connectivity index (χ4n) is 2.93. The number of carboxylic acids is 1. The van der Waals surface area contributed by atoms with Gasteiger partial charge in [-0.2, -0.15) is 0 Å². The number of nitrogens with two attached hydrogens (primary N) is 1. The van der Waals surface area contributed by atoms with Gasteiger partial charge in [0, 0.05) is 13.1 Å². The molecule has 0 bridgehead atoms. The zero-order valence-corrected chi connectivity index (χ0v) is 12.3. The molecule has 0 saturated carbocycles. The van der Waals surface area contributed by atoms with Crippen LogP contribution in [0.1, 0.15) is 37.8 Å². The zero-order chi connectivity index (χ0) is 15.5. The number of carboxylic acid groups (broad SMARTS) is 1. The highest BCUT2D eigenvalue weighted by atomic mass is 16.4. The van der Waals surface area contributed by atoms with Crippen LogP contribution in [0.2, 0.25) is 0 Å². The molecule has 1 fully saturated rings. The third-order valence-corrected chi connectivity index (χ3v) is 4.44. The number of benzene rings is 1. The van der Waals surface area contributed by atoms with Crippen molar-refractivity contribution in [3.05, 3.63) is 35.9 Å². The van der Waals surface area contributed by atoms with Gasteiger partial charge in [0.25, 0.3) is 0 Å². The summed E-state index contributed by atoms with van der Waals surface area (Å²) in [5.74, 6) is -1.02. The zero-order valence-electron chi connectivity index (χ0n) is 12.3. The van der Waals surface area contributed by atoms with Crippen molar-refractivity contribution in [3.63, 3.8) is 0 Å². The quantitative estimate of drug-likeness (QED) is 0.885. The van der Waals surface area contributed by atoms with E-state index in [1.807, 2.05) is 37.3 Å². The molecular formula is C16H22N2O3. The first kappa shape index (κ1) is 15.5. The summed E-state index contributed by atoms with van der Waals surface area (Å²) in [7, 11) is 0. The summed E-state index contributed by atoms with van der Waals surface area (Å²) in [6.45, 7) is 2.69. The predicted molar refractivity (Wildman–Crippen MR) is 79.5 cm³/mol. The van der Waals surface area contributed by atoms with Gasteiger partial charge in [-0.15, -0.1) is 0 Å². The van der Waals surface area contributed by atoms with E-state index in [1.165, 1.54) is 0 Å². The van der Waals surface area contributed by atoms with Crippen LogP contribution in [0.3, 0.4) is 0 Å². The first-order valence-electron chi connectivity index (χ1n) is 7.33. The average Bonchev–Trinajstić information content (AvgIpc) is 2.54. The second-order valence-electron chi connectivity index (χ2n) is 5.69. The lowest BCUT2D eigenvalue weighted by Crippen LogP contribution is -2.51. The van der Waals surface area contributed by atoms with Crippen molar-refractivity contribution >= 4 is 11.9 Å². The molecule has 1 heterocycles. The van der Waals surface area contributed by atoms with E-state index in [0.29, 0.717) is 25.8 Å². The Hall–Kier alpha value is -1.88. The fourth-order valence-corrected chi connectivity index (χ4v) is 2.93. The first-order valence-corrected chi connectivity index (χ1v) is 7.33. The van der Waals surface area contributed by atoms with Crippen molar-refractivity contribution in [1.82, 2.24) is 4.90 Å². The molecule has 2 atom stereocenters. The summed E-state index contributed by atoms with van der Waals surface area (Å²) in [4.78, 5) is 25.7. The molecule has 1 amide bonds. The molecule has 1 unspecified atom stereocenters. The van der Waals surface area contributed by atoms with Crippen LogP contribution in [-0.2, 0) is 9.59 Å². The number of likely N-dealkylation sites (tertiary alicyclic amines) is 1. The molecule has 3 N–H and O–H groups in total. The standard InChI is InChI=1S/C16H22N2O3/c1-2-16(15(20)21)9-6-10-18(11-16)14(19)13(17)12-7-4-3-5-8-12/h3-5,7-8,13H,2,6,9-11,17H2,1H3,(H,20,21)/t13-,16?/m1/s1. The number of amides is 1. The van der Waals surface area contributed by atoms with Crippen LogP contribution in [0, 0.1) is 5.41 Å². The number of hydrogen-bond donors (Lipinski definition) is 2. The average molecular weight is 290 g/mol. The Morgan fingerprint density at radius 2 is 2.05 bits per heavy atom. The Labute approximate surface area is 124 Å². The van der Waals surface area contributed by atoms with Crippen molar-refractivity contribution < 1.29 is 14.7 Å². The molecule has 1 aliphatic rings. The van der Waals surface area contributed by atoms with Crippen molar-refractivity contribution in [2.24, 2.45) is 11.1 Å². The van der Waals surface area contributed by atoms with Crippen LogP contribution < -0.4 is 5.73 Å². The Morgan fingerprint density at radius 3 is 2.62 bits per heavy atom. The van der Waals surface area contributed by atoms with Gasteiger partial charge in [0.2, 0.25) is 5.91 Å². The van der Waals surface area contributed by atoms with Crippen LogP contribution in [0.25, 0.3) is 0 Å². The van der Waals surface area contributed by atoms with Crippen molar-refractivity contribution in [2.75, 3.05) is 13.1 Å². The number of rotatable bonds is 4. The van der Waals surface area contributed by atoms with Crippen LogP contribution in [0.4, 0.5) is 0 Å². The van der Waals surface area contributed by atoms with Gasteiger partial charge >= 0.3 is 5.97 Å². The van der Waals surface area contributed by atoms with Crippen LogP contribution in [-0.4, -0.2) is 35.0 Å². The van der Waals surface area contributed by atoms with Gasteiger partial charge in [0.05, 0.1) is 5.41 Å². The molecule has 1 aromatic carbocycles. The van der Waals surface area contributed by atoms with E-state index in [0.717, 1.165) is 5.56 Å². The fraction of sp³-hybridized carbons (Fsp3) is 0.500. The van der Waals surface area contributed by atoms with Gasteiger partial charge < -0.3 is 15.7 Å². The van der Waals surface area contributed by atoms with Gasteiger partial charge in [-0.05, 0) is 24.8 Å². The third-order valence-electron chi connectivity index (χ3n) is 4.44. The molecule has 5 heteroatoms. The SMILES string of the molecule is CCC1(C(=O)O)CCCN(C(=O)[C@H](N)c2ccccc2)C1. The summed E-state index contributed by atoms with van der Waals surface area (Å²) in [5.41, 5.74) is 5.96. The maximum Gasteiger partial charge on any atom is 0.311 e. The maximum absolute atomic E-state index is 12.5. The minimum absolute atomic E-state index is 0.194. The second-order valence-corrected chi connectivity index (χ2v) is 5.69. The first-order chi connectivity index (χ1) is 10.00. The molecule has 114 valence electrons. The molecule has 5 nitrogen and oxygen atoms in total. The van der Waals surface area contributed by atoms with Gasteiger partial charge in [0.15, 0.2) is 0 Å². The lowest BCUT2D eigenvalue weighted by atomic mass is 9.77. The molecule has 1 saturated heterocycles. The van der Waals surface area contributed by atoms with E-state index in [9.17, 15) is 14.7 Å². The highest BCUT2D eigenvalue weighted by molar-refractivity contribution is 5.84. The molecule has 1 aromatic rings. The predicted octanol–water partition coefficient (Wildman–Crippen LogP) is 1.79. The minimum Gasteiger partial charge on any atom is -0.481 e. The summed E-state index contributed by atoms with van der Waals surface area (Å²) in [6, 6.07) is 8.45. The van der Waals surface area contributed by atoms with Crippen LogP contribution >= 0.6 is 0 Å². The Balaban J connectivity index is 2.14. The topological polar surface area (TPSA) is 83.6 Å². The molecule has 0 spiro atoms. The molecule has 21 heavy (non-hydrogen) atoms. The summed E-state index contributed by atoms with van der Waals surface area (Å²) in [6.07, 6.45) is 1.84. The molecule has 2 rings (SSSR count). The molecule has 0 radical (unpaired) electrons. The number of carbonyl (C=O) groups excluding carboxylic acids is 1. The molecule has 1 aliphatic heterocycles. The van der Waals surface area contributed by atoms with Crippen LogP contribution in [0.15, 0.2) is 30.3 Å². The summed E-state index contributed by atoms with van der Waals surface area (Å²) >= 11 is 0. The molecule has 0 aromatic heterocycles. The largest absolute Gasteiger partial charge is 0.481 e. The Morgan fingerprint density at radius 1 is 1.38 bits per heavy atom. The second kappa shape index (κ2) is 6.26. The van der Waals surface area contributed by atoms with Gasteiger partial charge in [-0.1, -0.05) is 37.3 Å². The number of hydrogen-bond acceptors (Lipinski definition) is 3. The van der Waals surface area contributed by atoms with Gasteiger partial charge in [0.1, 0.15) is 6.04 Å². The van der Waals surface area contributed by atoms with Crippen molar-refractivity contribution in [1.29, 1.82) is 0 Å². The van der Waals surface area contributed by atoms with E-state index in [4.69, 9.17) is 5.73 Å². The van der Waals surface area contributed by atoms with Crippen molar-refractivity contribution in [2.45, 2.75) is 32.2 Å². The molecule has 0 aliphatic carbocycles. The van der Waals surface area contributed by atoms with Gasteiger partial charge in [-0.25, -0.2) is 0 Å². The minimum atomic E-state index is -0.829. The van der Waals surface area contributed by atoms with E-state index in [-0.39, 0.29) is 12.5 Å². The Bertz CT molecular complexity index is 518. The number of nitrogens with zero attached hydrogens (tertiary/aromatic N) is 1. The van der Waals surface area contributed by atoms with E-state index < -0.39 is 17.4 Å². The maximum atomic E-state index is 12.5. The summed E-state index contributed by atoms with van der Waals surface area (Å²) < 4.78 is 0.